The van der Waals surface area contributed by atoms with Gasteiger partial charge in [0, 0.05) is 23.2 Å². The number of aromatic amines is 1. The summed E-state index contributed by atoms with van der Waals surface area (Å²) in [4.78, 5) is 30.8. The first kappa shape index (κ1) is 16.2. The van der Waals surface area contributed by atoms with Crippen molar-refractivity contribution in [2.24, 2.45) is 5.10 Å². The van der Waals surface area contributed by atoms with E-state index >= 15 is 0 Å². The van der Waals surface area contributed by atoms with E-state index in [2.05, 4.69) is 20.5 Å². The van der Waals surface area contributed by atoms with E-state index in [4.69, 9.17) is 0 Å². The van der Waals surface area contributed by atoms with Crippen LogP contribution in [0.3, 0.4) is 0 Å². The lowest BCUT2D eigenvalue weighted by Gasteiger charge is -2.06. The van der Waals surface area contributed by atoms with Crippen LogP contribution < -0.4 is 11.0 Å². The van der Waals surface area contributed by atoms with Gasteiger partial charge in [0.2, 0.25) is 0 Å². The molecule has 0 spiro atoms. The van der Waals surface area contributed by atoms with Gasteiger partial charge in [0.05, 0.1) is 5.71 Å². The Morgan fingerprint density at radius 2 is 2.00 bits per heavy atom. The number of fused-ring (bicyclic) bond motifs is 1. The van der Waals surface area contributed by atoms with Crippen molar-refractivity contribution in [3.05, 3.63) is 64.1 Å². The number of aromatic nitrogens is 2. The van der Waals surface area contributed by atoms with Crippen LogP contribution in [0.25, 0.3) is 11.0 Å². The van der Waals surface area contributed by atoms with Gasteiger partial charge >= 0.3 is 0 Å². The second-order valence-electron chi connectivity index (χ2n) is 5.29. The number of nitrogens with zero attached hydrogens (tertiary/aromatic N) is 2. The first-order chi connectivity index (χ1) is 12.0. The maximum Gasteiger partial charge on any atom is 0.276 e. The number of hydrazone groups is 1. The van der Waals surface area contributed by atoms with Crippen LogP contribution in [0.15, 0.2) is 52.5 Å². The highest BCUT2D eigenvalue weighted by atomic mass is 16.3. The molecule has 0 unspecified atom stereocenters. The maximum atomic E-state index is 12.2. The fourth-order valence-corrected chi connectivity index (χ4v) is 2.28. The minimum Gasteiger partial charge on any atom is -0.508 e. The van der Waals surface area contributed by atoms with E-state index in [1.807, 2.05) is 0 Å². The quantitative estimate of drug-likeness (QED) is 0.425. The molecule has 1 aromatic carbocycles. The molecule has 3 aromatic rings. The number of hydrogen-bond donors (Lipinski definition) is 4. The SMILES string of the molecule is C/C(=N\NC(=O)c1cc2cccnc2[nH]c1=O)c1ccc(O)cc1O. The van der Waals surface area contributed by atoms with Gasteiger partial charge in [-0.15, -0.1) is 0 Å². The molecule has 0 aliphatic carbocycles. The Morgan fingerprint density at radius 3 is 2.76 bits per heavy atom. The Morgan fingerprint density at radius 1 is 1.20 bits per heavy atom. The molecule has 0 saturated heterocycles. The van der Waals surface area contributed by atoms with Crippen LogP contribution in [0.4, 0.5) is 0 Å². The largest absolute Gasteiger partial charge is 0.508 e. The summed E-state index contributed by atoms with van der Waals surface area (Å²) in [5.74, 6) is -0.955. The highest BCUT2D eigenvalue weighted by Crippen LogP contribution is 2.22. The van der Waals surface area contributed by atoms with Crippen LogP contribution >= 0.6 is 0 Å². The molecule has 0 bridgehead atoms. The molecule has 8 heteroatoms. The molecule has 126 valence electrons. The molecule has 1 amide bonds. The first-order valence-electron chi connectivity index (χ1n) is 7.31. The molecule has 0 aliphatic rings. The third kappa shape index (κ3) is 3.32. The van der Waals surface area contributed by atoms with E-state index in [9.17, 15) is 19.8 Å². The van der Waals surface area contributed by atoms with Crippen molar-refractivity contribution in [1.82, 2.24) is 15.4 Å². The summed E-state index contributed by atoms with van der Waals surface area (Å²) in [7, 11) is 0. The van der Waals surface area contributed by atoms with E-state index in [0.29, 0.717) is 22.3 Å². The van der Waals surface area contributed by atoms with E-state index in [-0.39, 0.29) is 17.1 Å². The van der Waals surface area contributed by atoms with Crippen molar-refractivity contribution in [1.29, 1.82) is 0 Å². The highest BCUT2D eigenvalue weighted by Gasteiger charge is 2.12. The number of carbonyl (C=O) groups is 1. The molecule has 0 radical (unpaired) electrons. The number of aromatic hydroxyl groups is 2. The molecule has 25 heavy (non-hydrogen) atoms. The highest BCUT2D eigenvalue weighted by molar-refractivity contribution is 6.03. The van der Waals surface area contributed by atoms with Gasteiger partial charge in [-0.2, -0.15) is 5.10 Å². The van der Waals surface area contributed by atoms with Gasteiger partial charge in [-0.1, -0.05) is 0 Å². The summed E-state index contributed by atoms with van der Waals surface area (Å²) in [6.07, 6.45) is 1.54. The van der Waals surface area contributed by atoms with Gasteiger partial charge < -0.3 is 15.2 Å². The lowest BCUT2D eigenvalue weighted by molar-refractivity contribution is 0.0953. The van der Waals surface area contributed by atoms with Crippen molar-refractivity contribution in [3.8, 4) is 11.5 Å². The number of pyridine rings is 2. The van der Waals surface area contributed by atoms with Gasteiger partial charge in [-0.3, -0.25) is 9.59 Å². The molecule has 0 aliphatic heterocycles. The molecule has 3 rings (SSSR count). The number of hydrogen-bond acceptors (Lipinski definition) is 6. The number of rotatable bonds is 3. The summed E-state index contributed by atoms with van der Waals surface area (Å²) in [6.45, 7) is 1.57. The summed E-state index contributed by atoms with van der Waals surface area (Å²) in [5, 5.41) is 23.6. The van der Waals surface area contributed by atoms with Crippen LogP contribution in [0, 0.1) is 0 Å². The fraction of sp³-hybridized carbons (Fsp3) is 0.0588. The zero-order valence-corrected chi connectivity index (χ0v) is 13.1. The average molecular weight is 338 g/mol. The number of phenolic OH excluding ortho intramolecular Hbond substituents is 2. The van der Waals surface area contributed by atoms with Gasteiger partial charge in [0.1, 0.15) is 22.7 Å². The Hall–Kier alpha value is -3.68. The van der Waals surface area contributed by atoms with Crippen LogP contribution in [-0.4, -0.2) is 31.8 Å². The standard InChI is InChI=1S/C17H14N4O4/c1-9(12-5-4-11(22)8-14(12)23)20-21-17(25)13-7-10-3-2-6-18-15(10)19-16(13)24/h2-8,22-23H,1H3,(H,21,25)(H,18,19,24)/b20-9+. The molecule has 2 heterocycles. The predicted octanol–water partition coefficient (Wildman–Crippen LogP) is 1.49. The van der Waals surface area contributed by atoms with Crippen LogP contribution in [0.1, 0.15) is 22.8 Å². The molecule has 8 nitrogen and oxygen atoms in total. The number of carbonyl (C=O) groups excluding carboxylic acids is 1. The van der Waals surface area contributed by atoms with Crippen LogP contribution in [-0.2, 0) is 0 Å². The number of nitrogens with one attached hydrogen (secondary N) is 2. The van der Waals surface area contributed by atoms with E-state index in [1.165, 1.54) is 24.4 Å². The monoisotopic (exact) mass is 338 g/mol. The minimum atomic E-state index is -0.690. The van der Waals surface area contributed by atoms with E-state index < -0.39 is 11.5 Å². The third-order valence-electron chi connectivity index (χ3n) is 3.56. The molecule has 0 fully saturated rings. The third-order valence-corrected chi connectivity index (χ3v) is 3.56. The van der Waals surface area contributed by atoms with E-state index in [1.54, 1.807) is 19.1 Å². The number of phenols is 2. The number of benzene rings is 1. The fourth-order valence-electron chi connectivity index (χ4n) is 2.28. The van der Waals surface area contributed by atoms with Gasteiger partial charge in [-0.25, -0.2) is 10.4 Å². The molecular weight excluding hydrogens is 324 g/mol. The van der Waals surface area contributed by atoms with Crippen molar-refractivity contribution < 1.29 is 15.0 Å². The zero-order valence-electron chi connectivity index (χ0n) is 13.1. The summed E-state index contributed by atoms with van der Waals surface area (Å²) in [6, 6.07) is 8.86. The topological polar surface area (TPSA) is 128 Å². The Labute approximate surface area is 141 Å². The van der Waals surface area contributed by atoms with Crippen LogP contribution in [0.2, 0.25) is 0 Å². The minimum absolute atomic E-state index is 0.0885. The smallest absolute Gasteiger partial charge is 0.276 e. The van der Waals surface area contributed by atoms with Crippen molar-refractivity contribution in [2.45, 2.75) is 6.92 Å². The Balaban J connectivity index is 1.87. The number of amides is 1. The second-order valence-corrected chi connectivity index (χ2v) is 5.29. The van der Waals surface area contributed by atoms with E-state index in [0.717, 1.165) is 6.07 Å². The van der Waals surface area contributed by atoms with Crippen molar-refractivity contribution in [3.63, 3.8) is 0 Å². The van der Waals surface area contributed by atoms with Crippen molar-refractivity contribution >= 4 is 22.7 Å². The first-order valence-corrected chi connectivity index (χ1v) is 7.31. The summed E-state index contributed by atoms with van der Waals surface area (Å²) in [5.41, 5.74) is 2.63. The van der Waals surface area contributed by atoms with Gasteiger partial charge in [0.15, 0.2) is 0 Å². The molecule has 2 aromatic heterocycles. The van der Waals surface area contributed by atoms with Gasteiger partial charge in [0.25, 0.3) is 11.5 Å². The van der Waals surface area contributed by atoms with Crippen molar-refractivity contribution in [2.75, 3.05) is 0 Å². The molecule has 4 N–H and O–H groups in total. The molecular formula is C17H14N4O4. The summed E-state index contributed by atoms with van der Waals surface area (Å²) >= 11 is 0. The molecule has 0 atom stereocenters. The number of H-pyrrole nitrogens is 1. The zero-order chi connectivity index (χ0) is 18.0. The summed E-state index contributed by atoms with van der Waals surface area (Å²) < 4.78 is 0. The maximum absolute atomic E-state index is 12.2. The second kappa shape index (κ2) is 6.44. The lowest BCUT2D eigenvalue weighted by atomic mass is 10.1. The Bertz CT molecular complexity index is 1060. The van der Waals surface area contributed by atoms with Crippen LogP contribution in [0.5, 0.6) is 11.5 Å². The normalized spacial score (nSPS) is 11.5. The predicted molar refractivity (Wildman–Crippen MR) is 91.8 cm³/mol. The lowest BCUT2D eigenvalue weighted by Crippen LogP contribution is -2.27. The van der Waals surface area contributed by atoms with Gasteiger partial charge in [-0.05, 0) is 37.3 Å². The Kier molecular flexibility index (Phi) is 4.17. The average Bonchev–Trinajstić information content (AvgIpc) is 2.58. The molecule has 0 saturated carbocycles.